The zero-order valence-electron chi connectivity index (χ0n) is 7.66. The highest BCUT2D eigenvalue weighted by Crippen LogP contribution is 2.15. The minimum atomic E-state index is 0.502. The zero-order valence-corrected chi connectivity index (χ0v) is 8.42. The summed E-state index contributed by atoms with van der Waals surface area (Å²) < 4.78 is 5.49. The molecule has 0 aliphatic carbocycles. The minimum absolute atomic E-state index is 0.502. The van der Waals surface area contributed by atoms with Gasteiger partial charge in [-0.15, -0.1) is 0 Å². The number of halogens is 1. The third-order valence-electron chi connectivity index (χ3n) is 1.93. The molecule has 1 aliphatic rings. The Kier molecular flexibility index (Phi) is 2.89. The number of nitrogens with zero attached hydrogens (tertiary/aromatic N) is 1. The van der Waals surface area contributed by atoms with E-state index in [0.717, 1.165) is 24.7 Å². The summed E-state index contributed by atoms with van der Waals surface area (Å²) in [5.74, 6) is 1.73. The molecule has 0 atom stereocenters. The quantitative estimate of drug-likeness (QED) is 0.824. The highest BCUT2D eigenvalue weighted by atomic mass is 35.5. The Morgan fingerprint density at radius 3 is 2.79 bits per heavy atom. The molecule has 14 heavy (non-hydrogen) atoms. The van der Waals surface area contributed by atoms with Crippen LogP contribution in [0, 0.1) is 0 Å². The molecule has 3 nitrogen and oxygen atoms in total. The monoisotopic (exact) mass is 210 g/mol. The summed E-state index contributed by atoms with van der Waals surface area (Å²) in [6.07, 6.45) is 0. The topological polar surface area (TPSA) is 33.6 Å². The molecule has 1 aromatic carbocycles. The van der Waals surface area contributed by atoms with Crippen LogP contribution in [0.3, 0.4) is 0 Å². The smallest absolute Gasteiger partial charge is 0.145 e. The number of amidine groups is 1. The molecule has 0 fully saturated rings. The Morgan fingerprint density at radius 2 is 2.14 bits per heavy atom. The molecular formula is C10H11ClN2O. The molecule has 0 radical (unpaired) electrons. The second-order valence-electron chi connectivity index (χ2n) is 3.00. The lowest BCUT2D eigenvalue weighted by atomic mass is 10.3. The number of rotatable bonds is 3. The summed E-state index contributed by atoms with van der Waals surface area (Å²) in [7, 11) is 0. The maximum Gasteiger partial charge on any atom is 0.145 e. The molecule has 0 saturated carbocycles. The van der Waals surface area contributed by atoms with Gasteiger partial charge in [-0.2, -0.15) is 0 Å². The van der Waals surface area contributed by atoms with Gasteiger partial charge in [0, 0.05) is 11.6 Å². The van der Waals surface area contributed by atoms with Gasteiger partial charge in [-0.05, 0) is 24.3 Å². The molecule has 2 rings (SSSR count). The molecular weight excluding hydrogens is 200 g/mol. The van der Waals surface area contributed by atoms with Gasteiger partial charge in [-0.3, -0.25) is 4.99 Å². The first kappa shape index (κ1) is 9.34. The van der Waals surface area contributed by atoms with Crippen molar-refractivity contribution in [1.82, 2.24) is 5.32 Å². The van der Waals surface area contributed by atoms with Gasteiger partial charge < -0.3 is 10.1 Å². The molecule has 1 heterocycles. The van der Waals surface area contributed by atoms with Crippen molar-refractivity contribution in [2.75, 3.05) is 19.7 Å². The van der Waals surface area contributed by atoms with E-state index in [1.807, 2.05) is 12.1 Å². The molecule has 0 spiro atoms. The van der Waals surface area contributed by atoms with Crippen molar-refractivity contribution in [1.29, 1.82) is 0 Å². The summed E-state index contributed by atoms with van der Waals surface area (Å²) in [5, 5.41) is 3.85. The fraction of sp³-hybridized carbons (Fsp3) is 0.300. The fourth-order valence-electron chi connectivity index (χ4n) is 1.23. The first-order valence-corrected chi connectivity index (χ1v) is 4.88. The standard InChI is InChI=1S/C10H11ClN2O/c11-8-1-3-9(4-2-8)14-7-10-12-5-6-13-10/h1-4H,5-7H2,(H,12,13). The van der Waals surface area contributed by atoms with Crippen molar-refractivity contribution in [2.24, 2.45) is 4.99 Å². The number of benzene rings is 1. The van der Waals surface area contributed by atoms with E-state index in [-0.39, 0.29) is 0 Å². The zero-order chi connectivity index (χ0) is 9.80. The van der Waals surface area contributed by atoms with E-state index < -0.39 is 0 Å². The van der Waals surface area contributed by atoms with Gasteiger partial charge in [0.25, 0.3) is 0 Å². The van der Waals surface area contributed by atoms with Crippen molar-refractivity contribution < 1.29 is 4.74 Å². The highest BCUT2D eigenvalue weighted by molar-refractivity contribution is 6.30. The average Bonchev–Trinajstić information content (AvgIpc) is 2.70. The Balaban J connectivity index is 1.88. The van der Waals surface area contributed by atoms with Gasteiger partial charge in [0.1, 0.15) is 18.2 Å². The van der Waals surface area contributed by atoms with Gasteiger partial charge >= 0.3 is 0 Å². The lowest BCUT2D eigenvalue weighted by Gasteiger charge is -2.05. The molecule has 4 heteroatoms. The summed E-state index contributed by atoms with van der Waals surface area (Å²) in [6.45, 7) is 2.26. The van der Waals surface area contributed by atoms with Crippen LogP contribution in [0.2, 0.25) is 5.02 Å². The van der Waals surface area contributed by atoms with Crippen molar-refractivity contribution in [3.05, 3.63) is 29.3 Å². The van der Waals surface area contributed by atoms with Crippen molar-refractivity contribution in [2.45, 2.75) is 0 Å². The molecule has 0 saturated heterocycles. The number of hydrogen-bond donors (Lipinski definition) is 1. The predicted octanol–water partition coefficient (Wildman–Crippen LogP) is 1.72. The van der Waals surface area contributed by atoms with Crippen LogP contribution in [0.1, 0.15) is 0 Å². The Hall–Kier alpha value is -1.22. The summed E-state index contributed by atoms with van der Waals surface area (Å²) in [4.78, 5) is 4.22. The summed E-state index contributed by atoms with van der Waals surface area (Å²) in [5.41, 5.74) is 0. The van der Waals surface area contributed by atoms with Gasteiger partial charge in [-0.25, -0.2) is 0 Å². The van der Waals surface area contributed by atoms with E-state index in [2.05, 4.69) is 10.3 Å². The maximum atomic E-state index is 5.75. The molecule has 0 bridgehead atoms. The second kappa shape index (κ2) is 4.33. The van der Waals surface area contributed by atoms with Crippen LogP contribution >= 0.6 is 11.6 Å². The molecule has 1 aromatic rings. The minimum Gasteiger partial charge on any atom is -0.486 e. The fourth-order valence-corrected chi connectivity index (χ4v) is 1.35. The van der Waals surface area contributed by atoms with E-state index in [4.69, 9.17) is 16.3 Å². The largest absolute Gasteiger partial charge is 0.486 e. The van der Waals surface area contributed by atoms with Gasteiger partial charge in [0.05, 0.1) is 6.54 Å². The first-order chi connectivity index (χ1) is 6.84. The van der Waals surface area contributed by atoms with E-state index in [1.165, 1.54) is 0 Å². The van der Waals surface area contributed by atoms with Crippen LogP contribution in [0.5, 0.6) is 5.75 Å². The third kappa shape index (κ3) is 2.39. The third-order valence-corrected chi connectivity index (χ3v) is 2.18. The molecule has 0 unspecified atom stereocenters. The average molecular weight is 211 g/mol. The van der Waals surface area contributed by atoms with Crippen molar-refractivity contribution in [3.63, 3.8) is 0 Å². The van der Waals surface area contributed by atoms with E-state index in [9.17, 15) is 0 Å². The van der Waals surface area contributed by atoms with Crippen LogP contribution < -0.4 is 10.1 Å². The highest BCUT2D eigenvalue weighted by Gasteiger charge is 2.04. The molecule has 1 N–H and O–H groups in total. The molecule has 74 valence electrons. The number of ether oxygens (including phenoxy) is 1. The van der Waals surface area contributed by atoms with E-state index >= 15 is 0 Å². The SMILES string of the molecule is Clc1ccc(OCC2=NCCN2)cc1. The number of hydrogen-bond acceptors (Lipinski definition) is 3. The maximum absolute atomic E-state index is 5.75. The van der Waals surface area contributed by atoms with Crippen LogP contribution in [-0.2, 0) is 0 Å². The second-order valence-corrected chi connectivity index (χ2v) is 3.43. The van der Waals surface area contributed by atoms with Crippen LogP contribution in [-0.4, -0.2) is 25.5 Å². The van der Waals surface area contributed by atoms with Gasteiger partial charge in [-0.1, -0.05) is 11.6 Å². The van der Waals surface area contributed by atoms with Crippen LogP contribution in [0.25, 0.3) is 0 Å². The Bertz CT molecular complexity index is 334. The predicted molar refractivity (Wildman–Crippen MR) is 57.3 cm³/mol. The Morgan fingerprint density at radius 1 is 1.36 bits per heavy atom. The van der Waals surface area contributed by atoms with Crippen molar-refractivity contribution >= 4 is 17.4 Å². The van der Waals surface area contributed by atoms with Gasteiger partial charge in [0.15, 0.2) is 0 Å². The lowest BCUT2D eigenvalue weighted by molar-refractivity contribution is 0.373. The van der Waals surface area contributed by atoms with Crippen molar-refractivity contribution in [3.8, 4) is 5.75 Å². The number of nitrogens with one attached hydrogen (secondary N) is 1. The van der Waals surface area contributed by atoms with Gasteiger partial charge in [0.2, 0.25) is 0 Å². The van der Waals surface area contributed by atoms with E-state index in [1.54, 1.807) is 12.1 Å². The molecule has 1 aliphatic heterocycles. The summed E-state index contributed by atoms with van der Waals surface area (Å²) in [6, 6.07) is 7.30. The Labute approximate surface area is 87.7 Å². The first-order valence-electron chi connectivity index (χ1n) is 4.50. The number of aliphatic imine (C=N–C) groups is 1. The molecule has 0 aromatic heterocycles. The molecule has 0 amide bonds. The van der Waals surface area contributed by atoms with E-state index in [0.29, 0.717) is 11.6 Å². The van der Waals surface area contributed by atoms with Crippen LogP contribution in [0.4, 0.5) is 0 Å². The normalized spacial score (nSPS) is 14.8. The van der Waals surface area contributed by atoms with Crippen LogP contribution in [0.15, 0.2) is 29.3 Å². The lowest BCUT2D eigenvalue weighted by Crippen LogP contribution is -2.24. The summed E-state index contributed by atoms with van der Waals surface area (Å²) >= 11 is 5.75.